The lowest BCUT2D eigenvalue weighted by molar-refractivity contribution is -0.116. The summed E-state index contributed by atoms with van der Waals surface area (Å²) in [5.41, 5.74) is 3.04. The lowest BCUT2D eigenvalue weighted by atomic mass is 10.1. The molecule has 0 aliphatic rings. The standard InChI is InChI=1S/C19H24N2O3S2/c1-13-10-14(2)12-16(11-13)21(26(5,23)24)15(3)19(22)20-17-8-6-7-9-18(17)25-4/h6-12,15H,1-5H3,(H,20,22)/t15-/m0/s1. The fraction of sp³-hybridized carbons (Fsp3) is 0.316. The molecule has 26 heavy (non-hydrogen) atoms. The van der Waals surface area contributed by atoms with Gasteiger partial charge in [0.25, 0.3) is 0 Å². The summed E-state index contributed by atoms with van der Waals surface area (Å²) in [6, 6.07) is 12.1. The third-order valence-corrected chi connectivity index (χ3v) is 5.95. The van der Waals surface area contributed by atoms with Gasteiger partial charge in [-0.05, 0) is 62.4 Å². The van der Waals surface area contributed by atoms with Gasteiger partial charge in [0.05, 0.1) is 17.6 Å². The van der Waals surface area contributed by atoms with E-state index in [1.807, 2.05) is 44.4 Å². The highest BCUT2D eigenvalue weighted by Crippen LogP contribution is 2.27. The van der Waals surface area contributed by atoms with Gasteiger partial charge in [0.15, 0.2) is 0 Å². The van der Waals surface area contributed by atoms with Crippen molar-refractivity contribution in [1.82, 2.24) is 0 Å². The van der Waals surface area contributed by atoms with E-state index in [-0.39, 0.29) is 5.91 Å². The van der Waals surface area contributed by atoms with Crippen molar-refractivity contribution in [3.8, 4) is 0 Å². The molecule has 0 aromatic heterocycles. The number of para-hydroxylation sites is 1. The summed E-state index contributed by atoms with van der Waals surface area (Å²) < 4.78 is 26.0. The SMILES string of the molecule is CSc1ccccc1NC(=O)[C@H](C)N(c1cc(C)cc(C)c1)S(C)(=O)=O. The van der Waals surface area contributed by atoms with Gasteiger partial charge in [0.2, 0.25) is 15.9 Å². The topological polar surface area (TPSA) is 66.5 Å². The molecule has 1 atom stereocenters. The first-order valence-electron chi connectivity index (χ1n) is 8.15. The van der Waals surface area contributed by atoms with E-state index in [0.717, 1.165) is 22.3 Å². The average Bonchev–Trinajstić information content (AvgIpc) is 2.53. The van der Waals surface area contributed by atoms with Gasteiger partial charge < -0.3 is 5.32 Å². The highest BCUT2D eigenvalue weighted by Gasteiger charge is 2.29. The Hall–Kier alpha value is -1.99. The predicted octanol–water partition coefficient (Wildman–Crippen LogP) is 3.82. The fourth-order valence-electron chi connectivity index (χ4n) is 2.87. The minimum Gasteiger partial charge on any atom is -0.323 e. The lowest BCUT2D eigenvalue weighted by Crippen LogP contribution is -2.45. The number of hydrogen-bond donors (Lipinski definition) is 1. The van der Waals surface area contributed by atoms with Crippen LogP contribution in [-0.4, -0.2) is 32.9 Å². The van der Waals surface area contributed by atoms with E-state index in [4.69, 9.17) is 0 Å². The second kappa shape index (κ2) is 8.14. The Bertz CT molecular complexity index is 891. The quantitative estimate of drug-likeness (QED) is 0.759. The Morgan fingerprint density at radius 1 is 1.12 bits per heavy atom. The first kappa shape index (κ1) is 20.3. The van der Waals surface area contributed by atoms with Crippen LogP contribution < -0.4 is 9.62 Å². The molecule has 0 bridgehead atoms. The average molecular weight is 393 g/mol. The van der Waals surface area contributed by atoms with Crippen LogP contribution in [0.4, 0.5) is 11.4 Å². The highest BCUT2D eigenvalue weighted by atomic mass is 32.2. The zero-order valence-electron chi connectivity index (χ0n) is 15.6. The van der Waals surface area contributed by atoms with E-state index >= 15 is 0 Å². The number of sulfonamides is 1. The van der Waals surface area contributed by atoms with Gasteiger partial charge in [-0.25, -0.2) is 8.42 Å². The molecule has 0 aliphatic heterocycles. The summed E-state index contributed by atoms with van der Waals surface area (Å²) in [5.74, 6) is -0.379. The molecular weight excluding hydrogens is 368 g/mol. The molecule has 2 aromatic rings. The molecule has 0 fully saturated rings. The van der Waals surface area contributed by atoms with Crippen LogP contribution in [0.2, 0.25) is 0 Å². The van der Waals surface area contributed by atoms with Crippen LogP contribution in [0.3, 0.4) is 0 Å². The van der Waals surface area contributed by atoms with Crippen molar-refractivity contribution in [2.24, 2.45) is 0 Å². The number of thioether (sulfide) groups is 1. The molecule has 0 radical (unpaired) electrons. The van der Waals surface area contributed by atoms with Crippen molar-refractivity contribution in [2.45, 2.75) is 31.7 Å². The smallest absolute Gasteiger partial charge is 0.248 e. The summed E-state index contributed by atoms with van der Waals surface area (Å²) in [6.07, 6.45) is 3.04. The molecular formula is C19H24N2O3S2. The number of anilines is 2. The van der Waals surface area contributed by atoms with Gasteiger partial charge in [-0.1, -0.05) is 18.2 Å². The molecule has 0 spiro atoms. The third-order valence-electron chi connectivity index (χ3n) is 3.91. The van der Waals surface area contributed by atoms with Crippen LogP contribution >= 0.6 is 11.8 Å². The maximum absolute atomic E-state index is 12.8. The second-order valence-electron chi connectivity index (χ2n) is 6.27. The molecule has 140 valence electrons. The van der Waals surface area contributed by atoms with Gasteiger partial charge >= 0.3 is 0 Å². The van der Waals surface area contributed by atoms with Gasteiger partial charge in [-0.2, -0.15) is 0 Å². The highest BCUT2D eigenvalue weighted by molar-refractivity contribution is 7.98. The summed E-state index contributed by atoms with van der Waals surface area (Å²) in [6.45, 7) is 5.39. The Morgan fingerprint density at radius 3 is 2.23 bits per heavy atom. The zero-order valence-corrected chi connectivity index (χ0v) is 17.2. The predicted molar refractivity (Wildman–Crippen MR) is 110 cm³/mol. The minimum atomic E-state index is -3.64. The van der Waals surface area contributed by atoms with Gasteiger partial charge in [-0.3, -0.25) is 9.10 Å². The van der Waals surface area contributed by atoms with E-state index in [0.29, 0.717) is 11.4 Å². The maximum Gasteiger partial charge on any atom is 0.248 e. The monoisotopic (exact) mass is 392 g/mol. The van der Waals surface area contributed by atoms with Crippen molar-refractivity contribution in [2.75, 3.05) is 22.1 Å². The van der Waals surface area contributed by atoms with Crippen LogP contribution in [0.1, 0.15) is 18.1 Å². The summed E-state index contributed by atoms with van der Waals surface area (Å²) in [5, 5.41) is 2.85. The number of carbonyl (C=O) groups excluding carboxylic acids is 1. The molecule has 0 saturated carbocycles. The maximum atomic E-state index is 12.8. The number of benzene rings is 2. The number of hydrogen-bond acceptors (Lipinski definition) is 4. The van der Waals surface area contributed by atoms with Gasteiger partial charge in [-0.15, -0.1) is 11.8 Å². The van der Waals surface area contributed by atoms with E-state index in [9.17, 15) is 13.2 Å². The van der Waals surface area contributed by atoms with Crippen molar-refractivity contribution in [3.63, 3.8) is 0 Å². The van der Waals surface area contributed by atoms with Crippen LogP contribution in [0.5, 0.6) is 0 Å². The normalized spacial score (nSPS) is 12.5. The number of aryl methyl sites for hydroxylation is 2. The van der Waals surface area contributed by atoms with Crippen LogP contribution in [0, 0.1) is 13.8 Å². The van der Waals surface area contributed by atoms with Crippen molar-refractivity contribution < 1.29 is 13.2 Å². The third kappa shape index (κ3) is 4.80. The van der Waals surface area contributed by atoms with Gasteiger partial charge in [0.1, 0.15) is 6.04 Å². The Morgan fingerprint density at radius 2 is 1.69 bits per heavy atom. The summed E-state index contributed by atoms with van der Waals surface area (Å²) in [4.78, 5) is 13.7. The Kier molecular flexibility index (Phi) is 6.36. The first-order valence-corrected chi connectivity index (χ1v) is 11.2. The lowest BCUT2D eigenvalue weighted by Gasteiger charge is -2.29. The van der Waals surface area contributed by atoms with Crippen LogP contribution in [-0.2, 0) is 14.8 Å². The van der Waals surface area contributed by atoms with E-state index < -0.39 is 16.1 Å². The summed E-state index contributed by atoms with van der Waals surface area (Å²) >= 11 is 1.52. The molecule has 2 aromatic carbocycles. The van der Waals surface area contributed by atoms with Crippen molar-refractivity contribution in [1.29, 1.82) is 0 Å². The molecule has 1 amide bonds. The van der Waals surface area contributed by atoms with Gasteiger partial charge in [0, 0.05) is 4.90 Å². The molecule has 0 aliphatic carbocycles. The molecule has 7 heteroatoms. The molecule has 2 rings (SSSR count). The molecule has 0 heterocycles. The van der Waals surface area contributed by atoms with Crippen molar-refractivity contribution >= 4 is 39.1 Å². The van der Waals surface area contributed by atoms with E-state index in [1.165, 1.54) is 16.1 Å². The molecule has 0 unspecified atom stereocenters. The zero-order chi connectivity index (χ0) is 19.5. The molecule has 5 nitrogen and oxygen atoms in total. The fourth-order valence-corrected chi connectivity index (χ4v) is 4.58. The Balaban J connectivity index is 2.38. The molecule has 1 N–H and O–H groups in total. The molecule has 0 saturated heterocycles. The van der Waals surface area contributed by atoms with E-state index in [1.54, 1.807) is 25.1 Å². The minimum absolute atomic E-state index is 0.379. The number of nitrogens with zero attached hydrogens (tertiary/aromatic N) is 1. The summed E-state index contributed by atoms with van der Waals surface area (Å²) in [7, 11) is -3.64. The number of carbonyl (C=O) groups is 1. The largest absolute Gasteiger partial charge is 0.323 e. The number of nitrogens with one attached hydrogen (secondary N) is 1. The van der Waals surface area contributed by atoms with Crippen LogP contribution in [0.25, 0.3) is 0 Å². The number of amides is 1. The van der Waals surface area contributed by atoms with Crippen LogP contribution in [0.15, 0.2) is 47.4 Å². The first-order chi connectivity index (χ1) is 12.1. The Labute approximate surface area is 159 Å². The van der Waals surface area contributed by atoms with Crippen molar-refractivity contribution in [3.05, 3.63) is 53.6 Å². The second-order valence-corrected chi connectivity index (χ2v) is 8.98. The number of rotatable bonds is 6. The van der Waals surface area contributed by atoms with E-state index in [2.05, 4.69) is 5.32 Å².